The van der Waals surface area contributed by atoms with E-state index < -0.39 is 56.7 Å². The third-order valence-electron chi connectivity index (χ3n) is 22.9. The Bertz CT molecular complexity index is 4100. The molecule has 1 saturated heterocycles. The number of allylic oxidation sites excluding steroid dienone is 1. The van der Waals surface area contributed by atoms with E-state index in [-0.39, 0.29) is 102 Å². The van der Waals surface area contributed by atoms with Gasteiger partial charge < -0.3 is 45.9 Å². The summed E-state index contributed by atoms with van der Waals surface area (Å²) >= 11 is 0. The van der Waals surface area contributed by atoms with Crippen molar-refractivity contribution in [3.05, 3.63) is 225 Å². The number of aromatic hydroxyl groups is 1. The molecule has 7 aromatic carbocycles. The summed E-state index contributed by atoms with van der Waals surface area (Å²) < 4.78 is 58.3. The number of rotatable bonds is 12. The van der Waals surface area contributed by atoms with Crippen LogP contribution in [0.2, 0.25) is 0 Å². The molecule has 0 unspecified atom stereocenters. The average Bonchev–Trinajstić information content (AvgIpc) is 1.63. The smallest absolute Gasteiger partial charge is 0.748 e. The summed E-state index contributed by atoms with van der Waals surface area (Å²) in [5.41, 5.74) is 20.4. The maximum atomic E-state index is 14.5. The van der Waals surface area contributed by atoms with E-state index >= 15 is 0 Å². The van der Waals surface area contributed by atoms with Gasteiger partial charge in [-0.15, -0.1) is 0 Å². The van der Waals surface area contributed by atoms with Gasteiger partial charge in [0.15, 0.2) is 5.96 Å². The van der Waals surface area contributed by atoms with E-state index in [4.69, 9.17) is 25.9 Å². The van der Waals surface area contributed by atoms with Crippen molar-refractivity contribution in [1.82, 2.24) is 0 Å². The topological polar surface area (TPSA) is 221 Å². The number of guanidine groups is 1. The third kappa shape index (κ3) is 13.4. The molecule has 14 atom stereocenters. The molecule has 10 bridgehead atoms. The van der Waals surface area contributed by atoms with Gasteiger partial charge in [0.1, 0.15) is 17.6 Å². The number of fused-ring (bicyclic) bond motifs is 10. The van der Waals surface area contributed by atoms with Crippen LogP contribution < -0.4 is 45.8 Å². The van der Waals surface area contributed by atoms with E-state index in [1.165, 1.54) is 0 Å². The number of hydrogen-bond acceptors (Lipinski definition) is 10. The Balaban J connectivity index is 0.00000787. The number of nitrogens with two attached hydrogens (primary N) is 2. The van der Waals surface area contributed by atoms with Crippen LogP contribution in [-0.4, -0.2) is 62.9 Å². The maximum absolute atomic E-state index is 14.5. The molecule has 3 fully saturated rings. The van der Waals surface area contributed by atoms with E-state index in [2.05, 4.69) is 116 Å². The quantitative estimate of drug-likeness (QED) is 0.0169. The molecule has 7 aromatic rings. The van der Waals surface area contributed by atoms with Gasteiger partial charge >= 0.3 is 29.6 Å². The van der Waals surface area contributed by atoms with Crippen LogP contribution in [0.15, 0.2) is 174 Å². The zero-order chi connectivity index (χ0) is 63.5. The Morgan fingerprint density at radius 3 is 2.33 bits per heavy atom. The molecule has 8 N–H and O–H groups in total. The van der Waals surface area contributed by atoms with E-state index in [9.17, 15) is 33.4 Å². The number of aryl methyl sites for hydroxylation is 1. The van der Waals surface area contributed by atoms with Crippen molar-refractivity contribution in [3.63, 3.8) is 0 Å². The second-order valence-electron chi connectivity index (χ2n) is 28.7. The summed E-state index contributed by atoms with van der Waals surface area (Å²) in [5.74, 6) is 4.67. The molecule has 0 amide bonds. The number of phenols is 1. The number of nitrogens with zero attached hydrogens (tertiary/aromatic N) is 1. The van der Waals surface area contributed by atoms with Crippen LogP contribution in [0.3, 0.4) is 0 Å². The Hall–Kier alpha value is -6.28. The number of aliphatic hydroxyl groups is 3. The van der Waals surface area contributed by atoms with E-state index in [1.807, 2.05) is 54.6 Å². The second kappa shape index (κ2) is 26.7. The summed E-state index contributed by atoms with van der Waals surface area (Å²) in [6.45, 7) is 2.07. The van der Waals surface area contributed by atoms with Gasteiger partial charge in [0.05, 0.1) is 33.2 Å². The van der Waals surface area contributed by atoms with Gasteiger partial charge in [-0.2, -0.15) is 0 Å². The summed E-state index contributed by atoms with van der Waals surface area (Å²) in [5, 5.41) is 48.6. The molecule has 0 radical (unpaired) electrons. The molecule has 9 aliphatic rings. The minimum absolute atomic E-state index is 0. The predicted octanol–water partition coefficient (Wildman–Crippen LogP) is 10.8. The van der Waals surface area contributed by atoms with Gasteiger partial charge in [0, 0.05) is 42.6 Å². The maximum Gasteiger partial charge on any atom is 1.00 e. The van der Waals surface area contributed by atoms with Crippen molar-refractivity contribution in [2.75, 3.05) is 6.61 Å². The normalized spacial score (nSPS) is 29.2. The summed E-state index contributed by atoms with van der Waals surface area (Å²) in [6, 6.07) is 52.7. The van der Waals surface area contributed by atoms with Crippen LogP contribution in [0, 0.1) is 46.8 Å². The number of phenolic OH excluding ortho intramolecular Hbond substituents is 1. The van der Waals surface area contributed by atoms with Gasteiger partial charge in [-0.1, -0.05) is 171 Å². The standard InChI is InChI=1S/C79H87N3O9S.Na/c1-49-19-20-58-39-65-30-32-68(58)70(49)43-73(92(87,88)89)71-41-60-37-59(40-66-36-51(47-83)13-9-16-56-38-64(84)29-31-69(56)75(60)90-66)74(71)55-25-27-62(28-26-55)79(91-65,82-76(80)81)46-63(35-50-11-3-2-4-12-50)78(86)45-61(44-77(48-78)33-7-8-34-77)52-21-23-54(24-22-52)72(85)42-57-17-10-15-53-14-5-6-18-67(53)57;/h2-6,10-12,14-15,17-18,21-32,38-39,41,49,51,59,61,63,66,70-75,83-86H,7-8,13,19-20,33-37,40,42-48H2,1H3,(H4,80,81,82)(H,87,88,89);/q;+1/p-1/t49-,51+,59-,61+,63+,66-,70+,71-,72+,73-,74+,75-,78-,79+;/m1./s1. The monoisotopic (exact) mass is 1280 g/mol. The van der Waals surface area contributed by atoms with Crippen molar-refractivity contribution in [1.29, 1.82) is 0 Å². The van der Waals surface area contributed by atoms with E-state index in [0.717, 1.165) is 99.4 Å². The molecule has 5 aliphatic heterocycles. The summed E-state index contributed by atoms with van der Waals surface area (Å²) in [6.07, 6.45) is 11.3. The second-order valence-corrected chi connectivity index (χ2v) is 30.3. The van der Waals surface area contributed by atoms with E-state index in [1.54, 1.807) is 12.1 Å². The van der Waals surface area contributed by atoms with Gasteiger partial charge in [-0.3, -0.25) is 0 Å². The molecular weight excluding hydrogens is 1190 g/mol. The average molecular weight is 1280 g/mol. The molecule has 5 heterocycles. The summed E-state index contributed by atoms with van der Waals surface area (Å²) in [7, 11) is -4.97. The third-order valence-corrected chi connectivity index (χ3v) is 24.1. The fourth-order valence-electron chi connectivity index (χ4n) is 18.5. The zero-order valence-corrected chi connectivity index (χ0v) is 56.4. The molecule has 4 aliphatic carbocycles. The van der Waals surface area contributed by atoms with Crippen molar-refractivity contribution >= 4 is 26.9 Å². The molecule has 2 saturated carbocycles. The zero-order valence-electron chi connectivity index (χ0n) is 53.6. The number of benzene rings is 7. The fraction of sp³-hybridized carbons (Fsp3) is 0.430. The molecular formula is C79H86N3NaO9S. The molecule has 16 rings (SSSR count). The summed E-state index contributed by atoms with van der Waals surface area (Å²) in [4.78, 5) is 5.27. The first-order valence-corrected chi connectivity index (χ1v) is 35.2. The van der Waals surface area contributed by atoms with Crippen LogP contribution in [-0.2, 0) is 39.8 Å². The van der Waals surface area contributed by atoms with Gasteiger partial charge in [0.2, 0.25) is 5.72 Å². The van der Waals surface area contributed by atoms with Gasteiger partial charge in [-0.05, 0) is 209 Å². The Morgan fingerprint density at radius 1 is 0.828 bits per heavy atom. The molecule has 478 valence electrons. The number of ether oxygens (including phenoxy) is 2. The number of hydrogen-bond donors (Lipinski definition) is 6. The molecule has 12 nitrogen and oxygen atoms in total. The van der Waals surface area contributed by atoms with Crippen LogP contribution in [0.4, 0.5) is 0 Å². The SMILES string of the molecule is C[C@@H]1CCc2cc3ccc2[C@H]1C[C@@H](S(=O)(=O)[O-])[C@H]1C=C2C[C@H](C[C@H]4C[C@@H](CO)CC#Cc5cc(O)ccc5[C@@H]2O4)[C@@H]1c1ccc(cc1)[C@@](C[C@H](Cc1ccccc1)[C@@]1(O)C[C@@H](c2ccc([C@@H](O)Cc4cccc5ccccc45)cc2)CC2(CCCC2)C1)(N=C(N)N)O3.[Na+]. The molecule has 0 aromatic heterocycles. The minimum Gasteiger partial charge on any atom is -0.748 e. The van der Waals surface area contributed by atoms with Gasteiger partial charge in [-0.25, -0.2) is 13.4 Å². The van der Waals surface area contributed by atoms with Crippen molar-refractivity contribution in [2.24, 2.45) is 51.5 Å². The van der Waals surface area contributed by atoms with Crippen molar-refractivity contribution in [3.8, 4) is 23.3 Å². The number of aliphatic hydroxyl groups excluding tert-OH is 2. The van der Waals surface area contributed by atoms with Crippen molar-refractivity contribution < 1.29 is 72.4 Å². The Morgan fingerprint density at radius 2 is 1.57 bits per heavy atom. The van der Waals surface area contributed by atoms with Crippen molar-refractivity contribution in [2.45, 2.75) is 169 Å². The molecule has 14 heteroatoms. The number of aliphatic imine (C=N–C) groups is 1. The van der Waals surface area contributed by atoms with Gasteiger partial charge in [0.25, 0.3) is 0 Å². The minimum atomic E-state index is -4.97. The Kier molecular flexibility index (Phi) is 18.8. The first-order valence-electron chi connectivity index (χ1n) is 33.7. The fourth-order valence-corrected chi connectivity index (χ4v) is 19.6. The van der Waals surface area contributed by atoms with Crippen LogP contribution >= 0.6 is 0 Å². The first kappa shape index (κ1) is 65.4. The largest absolute Gasteiger partial charge is 1.00 e. The molecule has 93 heavy (non-hydrogen) atoms. The molecule has 1 spiro atoms. The van der Waals surface area contributed by atoms with Crippen LogP contribution in [0.5, 0.6) is 11.5 Å². The van der Waals surface area contributed by atoms with Crippen LogP contribution in [0.25, 0.3) is 10.8 Å². The van der Waals surface area contributed by atoms with Crippen LogP contribution in [0.1, 0.15) is 182 Å². The predicted molar refractivity (Wildman–Crippen MR) is 359 cm³/mol. The Labute approximate surface area is 570 Å². The first-order chi connectivity index (χ1) is 44.4. The van der Waals surface area contributed by atoms with E-state index in [0.29, 0.717) is 74.7 Å².